The summed E-state index contributed by atoms with van der Waals surface area (Å²) in [6, 6.07) is 60.6. The van der Waals surface area contributed by atoms with E-state index in [2.05, 4.69) is 179 Å². The standard InChI is InChI=1S/C46H28N4/c1-2-12-29(13-3-1)30-22-24-31(25-23-30)44-37-18-6-9-19-39(37)47-46(48-44)50-41-21-11-8-17-35(41)36-26-27-42-38(45(36)50)28-43-34-16-5-4-14-32(34)33-15-7-10-20-40(33)49(42)43/h1-28H. The van der Waals surface area contributed by atoms with E-state index in [4.69, 9.17) is 9.97 Å². The predicted molar refractivity (Wildman–Crippen MR) is 208 cm³/mol. The number of benzene rings is 7. The van der Waals surface area contributed by atoms with Crippen LogP contribution in [0.4, 0.5) is 0 Å². The van der Waals surface area contributed by atoms with Crippen molar-refractivity contribution in [1.29, 1.82) is 0 Å². The van der Waals surface area contributed by atoms with Crippen molar-refractivity contribution in [2.24, 2.45) is 0 Å². The van der Waals surface area contributed by atoms with Crippen LogP contribution in [0.5, 0.6) is 0 Å². The van der Waals surface area contributed by atoms with Crippen molar-refractivity contribution in [3.05, 3.63) is 170 Å². The lowest BCUT2D eigenvalue weighted by atomic mass is 10.0. The van der Waals surface area contributed by atoms with Gasteiger partial charge in [0.2, 0.25) is 5.95 Å². The summed E-state index contributed by atoms with van der Waals surface area (Å²) < 4.78 is 4.71. The summed E-state index contributed by atoms with van der Waals surface area (Å²) in [5.74, 6) is 0.662. The van der Waals surface area contributed by atoms with E-state index < -0.39 is 0 Å². The first-order chi connectivity index (χ1) is 24.8. The molecule has 0 atom stereocenters. The van der Waals surface area contributed by atoms with Gasteiger partial charge in [-0.05, 0) is 46.8 Å². The Labute approximate surface area is 287 Å². The molecule has 0 aliphatic carbocycles. The Morgan fingerprint density at radius 3 is 1.68 bits per heavy atom. The first kappa shape index (κ1) is 27.2. The maximum absolute atomic E-state index is 5.42. The molecule has 0 unspecified atom stereocenters. The topological polar surface area (TPSA) is 35.1 Å². The number of pyridine rings is 1. The Bertz CT molecular complexity index is 3130. The van der Waals surface area contributed by atoms with E-state index in [0.717, 1.165) is 38.7 Å². The SMILES string of the molecule is c1ccc(-c2ccc(-c3nc(-n4c5ccccc5c5ccc6c(cc7c8ccccc8c8ccccc8n76)c54)nc4ccccc34)cc2)cc1. The van der Waals surface area contributed by atoms with E-state index >= 15 is 0 Å². The van der Waals surface area contributed by atoms with Crippen LogP contribution in [-0.2, 0) is 0 Å². The van der Waals surface area contributed by atoms with Crippen LogP contribution in [-0.4, -0.2) is 18.9 Å². The number of hydrogen-bond acceptors (Lipinski definition) is 2. The number of rotatable bonds is 3. The molecule has 0 N–H and O–H groups in total. The van der Waals surface area contributed by atoms with Crippen molar-refractivity contribution in [1.82, 2.24) is 18.9 Å². The second kappa shape index (κ2) is 10.4. The highest BCUT2D eigenvalue weighted by molar-refractivity contribution is 6.22. The van der Waals surface area contributed by atoms with Crippen LogP contribution in [0, 0.1) is 0 Å². The van der Waals surface area contributed by atoms with E-state index in [9.17, 15) is 0 Å². The monoisotopic (exact) mass is 636 g/mol. The highest BCUT2D eigenvalue weighted by Crippen LogP contribution is 2.41. The third kappa shape index (κ3) is 3.81. The summed E-state index contributed by atoms with van der Waals surface area (Å²) in [4.78, 5) is 10.7. The molecule has 4 heterocycles. The number of fused-ring (bicyclic) bond motifs is 13. The van der Waals surface area contributed by atoms with Gasteiger partial charge >= 0.3 is 0 Å². The third-order valence-electron chi connectivity index (χ3n) is 10.3. The zero-order chi connectivity index (χ0) is 32.8. The second-order valence-electron chi connectivity index (χ2n) is 13.0. The molecule has 4 heteroatoms. The highest BCUT2D eigenvalue weighted by atomic mass is 15.2. The fraction of sp³-hybridized carbons (Fsp3) is 0. The van der Waals surface area contributed by atoms with Crippen LogP contribution in [0.15, 0.2) is 170 Å². The molecular formula is C46H28N4. The summed E-state index contributed by atoms with van der Waals surface area (Å²) in [7, 11) is 0. The summed E-state index contributed by atoms with van der Waals surface area (Å²) in [5, 5.41) is 8.31. The zero-order valence-corrected chi connectivity index (χ0v) is 27.0. The Hall–Kier alpha value is -6.78. The summed E-state index contributed by atoms with van der Waals surface area (Å²) in [6.07, 6.45) is 0. The van der Waals surface area contributed by atoms with Crippen LogP contribution >= 0.6 is 0 Å². The lowest BCUT2D eigenvalue weighted by molar-refractivity contribution is 1.02. The smallest absolute Gasteiger partial charge is 0.235 e. The van der Waals surface area contributed by atoms with E-state index in [1.54, 1.807) is 0 Å². The fourth-order valence-corrected chi connectivity index (χ4v) is 8.08. The highest BCUT2D eigenvalue weighted by Gasteiger charge is 2.21. The first-order valence-corrected chi connectivity index (χ1v) is 17.0. The van der Waals surface area contributed by atoms with E-state index in [1.807, 2.05) is 0 Å². The van der Waals surface area contributed by atoms with Gasteiger partial charge in [0, 0.05) is 37.9 Å². The van der Waals surface area contributed by atoms with Crippen LogP contribution in [0.25, 0.3) is 99.1 Å². The molecular weight excluding hydrogens is 609 g/mol. The van der Waals surface area contributed by atoms with E-state index in [-0.39, 0.29) is 0 Å². The normalized spacial score (nSPS) is 12.0. The maximum Gasteiger partial charge on any atom is 0.235 e. The maximum atomic E-state index is 5.42. The number of aromatic nitrogens is 4. The molecule has 50 heavy (non-hydrogen) atoms. The lowest BCUT2D eigenvalue weighted by Crippen LogP contribution is -2.03. The molecule has 11 rings (SSSR count). The quantitative estimate of drug-likeness (QED) is 0.181. The Morgan fingerprint density at radius 2 is 0.900 bits per heavy atom. The van der Waals surface area contributed by atoms with Gasteiger partial charge in [0.05, 0.1) is 38.8 Å². The van der Waals surface area contributed by atoms with Crippen molar-refractivity contribution in [3.8, 4) is 28.3 Å². The molecule has 0 aliphatic rings. The molecule has 4 aromatic heterocycles. The lowest BCUT2D eigenvalue weighted by Gasteiger charge is -2.12. The molecule has 0 aliphatic heterocycles. The molecule has 0 bridgehead atoms. The average molecular weight is 637 g/mol. The van der Waals surface area contributed by atoms with Gasteiger partial charge in [0.1, 0.15) is 0 Å². The van der Waals surface area contributed by atoms with Crippen molar-refractivity contribution in [3.63, 3.8) is 0 Å². The molecule has 11 aromatic rings. The van der Waals surface area contributed by atoms with Gasteiger partial charge in [-0.25, -0.2) is 9.97 Å². The molecule has 0 fully saturated rings. The van der Waals surface area contributed by atoms with Crippen molar-refractivity contribution in [2.75, 3.05) is 0 Å². The average Bonchev–Trinajstić information content (AvgIpc) is 3.75. The largest absolute Gasteiger partial charge is 0.309 e. The van der Waals surface area contributed by atoms with Gasteiger partial charge in [-0.1, -0.05) is 140 Å². The van der Waals surface area contributed by atoms with Crippen LogP contribution < -0.4 is 0 Å². The number of nitrogens with zero attached hydrogens (tertiary/aromatic N) is 4. The Balaban J connectivity index is 1.24. The Kier molecular flexibility index (Phi) is 5.63. The van der Waals surface area contributed by atoms with Gasteiger partial charge in [0.15, 0.2) is 0 Å². The van der Waals surface area contributed by atoms with Crippen molar-refractivity contribution in [2.45, 2.75) is 0 Å². The number of para-hydroxylation sites is 3. The number of hydrogen-bond donors (Lipinski definition) is 0. The van der Waals surface area contributed by atoms with E-state index in [1.165, 1.54) is 54.5 Å². The van der Waals surface area contributed by atoms with Gasteiger partial charge in [0.25, 0.3) is 0 Å². The second-order valence-corrected chi connectivity index (χ2v) is 13.0. The summed E-state index contributed by atoms with van der Waals surface area (Å²) in [6.45, 7) is 0. The molecule has 0 saturated heterocycles. The third-order valence-corrected chi connectivity index (χ3v) is 10.3. The zero-order valence-electron chi connectivity index (χ0n) is 27.0. The van der Waals surface area contributed by atoms with Crippen LogP contribution in [0.3, 0.4) is 0 Å². The van der Waals surface area contributed by atoms with E-state index in [0.29, 0.717) is 5.95 Å². The molecule has 0 spiro atoms. The molecule has 7 aromatic carbocycles. The molecule has 0 radical (unpaired) electrons. The van der Waals surface area contributed by atoms with Crippen LogP contribution in [0.1, 0.15) is 0 Å². The minimum atomic E-state index is 0.662. The van der Waals surface area contributed by atoms with Gasteiger partial charge in [-0.2, -0.15) is 0 Å². The van der Waals surface area contributed by atoms with Crippen LogP contribution in [0.2, 0.25) is 0 Å². The summed E-state index contributed by atoms with van der Waals surface area (Å²) >= 11 is 0. The minimum absolute atomic E-state index is 0.662. The van der Waals surface area contributed by atoms with Gasteiger partial charge in [-0.15, -0.1) is 0 Å². The molecule has 0 saturated carbocycles. The first-order valence-electron chi connectivity index (χ1n) is 17.0. The molecule has 4 nitrogen and oxygen atoms in total. The van der Waals surface area contributed by atoms with Gasteiger partial charge in [-0.3, -0.25) is 4.57 Å². The van der Waals surface area contributed by atoms with Crippen molar-refractivity contribution < 1.29 is 0 Å². The molecule has 0 amide bonds. The van der Waals surface area contributed by atoms with Gasteiger partial charge < -0.3 is 4.40 Å². The minimum Gasteiger partial charge on any atom is -0.309 e. The predicted octanol–water partition coefficient (Wildman–Crippen LogP) is 11.8. The van der Waals surface area contributed by atoms with Crippen molar-refractivity contribution >= 4 is 70.8 Å². The molecule has 232 valence electrons. The summed E-state index contributed by atoms with van der Waals surface area (Å²) in [5.41, 5.74) is 11.0. The fourth-order valence-electron chi connectivity index (χ4n) is 8.08. The Morgan fingerprint density at radius 1 is 0.340 bits per heavy atom.